The number of rotatable bonds is 2. The fraction of sp³-hybridized carbons (Fsp3) is 0.333. The fourth-order valence-corrected chi connectivity index (χ4v) is 2.45. The second-order valence-corrected chi connectivity index (χ2v) is 5.27. The first-order valence-electron chi connectivity index (χ1n) is 6.96. The van der Waals surface area contributed by atoms with Gasteiger partial charge in [-0.05, 0) is 26.0 Å². The highest BCUT2D eigenvalue weighted by Gasteiger charge is 2.26. The van der Waals surface area contributed by atoms with Crippen LogP contribution in [-0.4, -0.2) is 28.8 Å². The fourth-order valence-electron chi connectivity index (χ4n) is 2.45. The molecule has 6 heteroatoms. The molecule has 0 aliphatic carbocycles. The van der Waals surface area contributed by atoms with Crippen LogP contribution in [0.2, 0.25) is 0 Å². The standard InChI is InChI=1S/C15H18N4O2/c1-10(2)19-14(16)9-11(17-19)15(20)18-7-8-21-13-6-4-3-5-12(13)18/h3-6,9-10H,7-8,16H2,1-2H3. The molecule has 0 unspecified atom stereocenters. The minimum Gasteiger partial charge on any atom is -0.490 e. The number of nitrogen functional groups attached to an aromatic ring is 1. The molecule has 0 fully saturated rings. The van der Waals surface area contributed by atoms with Crippen LogP contribution >= 0.6 is 0 Å². The van der Waals surface area contributed by atoms with Crippen LogP contribution in [0.15, 0.2) is 30.3 Å². The number of para-hydroxylation sites is 2. The summed E-state index contributed by atoms with van der Waals surface area (Å²) in [4.78, 5) is 14.4. The van der Waals surface area contributed by atoms with Gasteiger partial charge in [0, 0.05) is 12.1 Å². The molecule has 0 saturated heterocycles. The van der Waals surface area contributed by atoms with E-state index in [4.69, 9.17) is 10.5 Å². The minimum absolute atomic E-state index is 0.114. The first-order valence-corrected chi connectivity index (χ1v) is 6.96. The Hall–Kier alpha value is -2.50. The maximum atomic E-state index is 12.7. The average Bonchev–Trinajstić information content (AvgIpc) is 2.88. The molecule has 1 aliphatic heterocycles. The van der Waals surface area contributed by atoms with Crippen molar-refractivity contribution in [2.24, 2.45) is 0 Å². The van der Waals surface area contributed by atoms with Crippen molar-refractivity contribution in [3.8, 4) is 5.75 Å². The Morgan fingerprint density at radius 3 is 2.86 bits per heavy atom. The molecule has 0 atom stereocenters. The molecule has 1 aliphatic rings. The second-order valence-electron chi connectivity index (χ2n) is 5.27. The zero-order valence-corrected chi connectivity index (χ0v) is 12.1. The number of nitrogens with two attached hydrogens (primary N) is 1. The molecule has 2 aromatic rings. The summed E-state index contributed by atoms with van der Waals surface area (Å²) in [5, 5.41) is 4.32. The van der Waals surface area contributed by atoms with Crippen molar-refractivity contribution in [1.29, 1.82) is 0 Å². The van der Waals surface area contributed by atoms with E-state index in [0.29, 0.717) is 30.4 Å². The molecule has 0 bridgehead atoms. The molecular weight excluding hydrogens is 268 g/mol. The number of amides is 1. The van der Waals surface area contributed by atoms with Gasteiger partial charge in [0.15, 0.2) is 5.69 Å². The van der Waals surface area contributed by atoms with Gasteiger partial charge in [0.05, 0.1) is 12.2 Å². The molecule has 1 amide bonds. The lowest BCUT2D eigenvalue weighted by atomic mass is 10.2. The summed E-state index contributed by atoms with van der Waals surface area (Å²) in [6, 6.07) is 9.24. The second kappa shape index (κ2) is 5.12. The molecule has 6 nitrogen and oxygen atoms in total. The number of anilines is 2. The Balaban J connectivity index is 1.95. The summed E-state index contributed by atoms with van der Waals surface area (Å²) in [6.07, 6.45) is 0. The van der Waals surface area contributed by atoms with Crippen LogP contribution < -0.4 is 15.4 Å². The van der Waals surface area contributed by atoms with Gasteiger partial charge in [-0.15, -0.1) is 0 Å². The van der Waals surface area contributed by atoms with Crippen LogP contribution in [0.25, 0.3) is 0 Å². The number of fused-ring (bicyclic) bond motifs is 1. The van der Waals surface area contributed by atoms with Gasteiger partial charge in [-0.2, -0.15) is 5.10 Å². The van der Waals surface area contributed by atoms with Gasteiger partial charge in [-0.1, -0.05) is 12.1 Å². The highest BCUT2D eigenvalue weighted by Crippen LogP contribution is 2.32. The van der Waals surface area contributed by atoms with E-state index < -0.39 is 0 Å². The van der Waals surface area contributed by atoms with E-state index in [-0.39, 0.29) is 11.9 Å². The van der Waals surface area contributed by atoms with E-state index in [1.54, 1.807) is 15.6 Å². The quantitative estimate of drug-likeness (QED) is 0.917. The van der Waals surface area contributed by atoms with E-state index in [1.807, 2.05) is 38.1 Å². The van der Waals surface area contributed by atoms with Crippen molar-refractivity contribution in [3.63, 3.8) is 0 Å². The molecule has 0 radical (unpaired) electrons. The number of hydrogen-bond acceptors (Lipinski definition) is 4. The summed E-state index contributed by atoms with van der Waals surface area (Å²) in [6.45, 7) is 4.93. The third kappa shape index (κ3) is 2.33. The first-order chi connectivity index (χ1) is 10.1. The van der Waals surface area contributed by atoms with Crippen LogP contribution in [0.1, 0.15) is 30.4 Å². The van der Waals surface area contributed by atoms with Gasteiger partial charge >= 0.3 is 0 Å². The van der Waals surface area contributed by atoms with Gasteiger partial charge in [0.1, 0.15) is 18.2 Å². The van der Waals surface area contributed by atoms with Crippen LogP contribution in [0.5, 0.6) is 5.75 Å². The average molecular weight is 286 g/mol. The number of hydrogen-bond donors (Lipinski definition) is 1. The molecule has 2 heterocycles. The number of carbonyl (C=O) groups excluding carboxylic acids is 1. The van der Waals surface area contributed by atoms with Crippen LogP contribution in [0.4, 0.5) is 11.5 Å². The third-order valence-electron chi connectivity index (χ3n) is 3.45. The van der Waals surface area contributed by atoms with E-state index in [0.717, 1.165) is 5.69 Å². The van der Waals surface area contributed by atoms with Gasteiger partial charge in [-0.25, -0.2) is 4.68 Å². The number of carbonyl (C=O) groups is 1. The van der Waals surface area contributed by atoms with Crippen molar-refractivity contribution in [3.05, 3.63) is 36.0 Å². The van der Waals surface area contributed by atoms with Crippen LogP contribution in [-0.2, 0) is 0 Å². The summed E-state index contributed by atoms with van der Waals surface area (Å²) in [5.41, 5.74) is 7.04. The van der Waals surface area contributed by atoms with Crippen molar-refractivity contribution in [1.82, 2.24) is 9.78 Å². The zero-order valence-electron chi connectivity index (χ0n) is 12.1. The van der Waals surface area contributed by atoms with E-state index >= 15 is 0 Å². The van der Waals surface area contributed by atoms with Crippen molar-refractivity contribution in [2.45, 2.75) is 19.9 Å². The Kier molecular flexibility index (Phi) is 3.29. The van der Waals surface area contributed by atoms with Crippen LogP contribution in [0.3, 0.4) is 0 Å². The third-order valence-corrected chi connectivity index (χ3v) is 3.45. The SMILES string of the molecule is CC(C)n1nc(C(=O)N2CCOc3ccccc32)cc1N. The first kappa shape index (κ1) is 13.5. The number of nitrogens with zero attached hydrogens (tertiary/aromatic N) is 3. The Morgan fingerprint density at radius 2 is 2.14 bits per heavy atom. The monoisotopic (exact) mass is 286 g/mol. The molecule has 3 rings (SSSR count). The Bertz CT molecular complexity index is 678. The lowest BCUT2D eigenvalue weighted by Crippen LogP contribution is -2.38. The summed E-state index contributed by atoms with van der Waals surface area (Å²) >= 11 is 0. The molecule has 0 saturated carbocycles. The lowest BCUT2D eigenvalue weighted by molar-refractivity contribution is 0.0971. The molecule has 110 valence electrons. The molecular formula is C15H18N4O2. The van der Waals surface area contributed by atoms with Crippen molar-refractivity contribution in [2.75, 3.05) is 23.8 Å². The predicted molar refractivity (Wildman–Crippen MR) is 80.6 cm³/mol. The van der Waals surface area contributed by atoms with Gasteiger partial charge in [-0.3, -0.25) is 4.79 Å². The van der Waals surface area contributed by atoms with E-state index in [9.17, 15) is 4.79 Å². The molecule has 0 spiro atoms. The number of benzene rings is 1. The maximum Gasteiger partial charge on any atom is 0.279 e. The smallest absolute Gasteiger partial charge is 0.279 e. The molecule has 1 aromatic carbocycles. The normalized spacial score (nSPS) is 14.0. The summed E-state index contributed by atoms with van der Waals surface area (Å²) in [7, 11) is 0. The lowest BCUT2D eigenvalue weighted by Gasteiger charge is -2.28. The Morgan fingerprint density at radius 1 is 1.38 bits per heavy atom. The van der Waals surface area contributed by atoms with Gasteiger partial charge < -0.3 is 15.4 Å². The number of ether oxygens (including phenoxy) is 1. The molecule has 21 heavy (non-hydrogen) atoms. The minimum atomic E-state index is -0.156. The summed E-state index contributed by atoms with van der Waals surface area (Å²) in [5.74, 6) is 1.06. The highest BCUT2D eigenvalue weighted by atomic mass is 16.5. The topological polar surface area (TPSA) is 73.4 Å². The molecule has 1 aromatic heterocycles. The van der Waals surface area contributed by atoms with Gasteiger partial charge in [0.2, 0.25) is 0 Å². The van der Waals surface area contributed by atoms with Gasteiger partial charge in [0.25, 0.3) is 5.91 Å². The van der Waals surface area contributed by atoms with E-state index in [1.165, 1.54) is 0 Å². The highest BCUT2D eigenvalue weighted by molar-refractivity contribution is 6.06. The summed E-state index contributed by atoms with van der Waals surface area (Å²) < 4.78 is 7.22. The van der Waals surface area contributed by atoms with E-state index in [2.05, 4.69) is 5.10 Å². The van der Waals surface area contributed by atoms with Crippen molar-refractivity contribution >= 4 is 17.4 Å². The van der Waals surface area contributed by atoms with Crippen LogP contribution in [0, 0.1) is 0 Å². The Labute approximate surface area is 123 Å². The maximum absolute atomic E-state index is 12.7. The van der Waals surface area contributed by atoms with Crippen molar-refractivity contribution < 1.29 is 9.53 Å². The predicted octanol–water partition coefficient (Wildman–Crippen LogP) is 2.09. The number of aromatic nitrogens is 2. The zero-order chi connectivity index (χ0) is 15.0. The molecule has 2 N–H and O–H groups in total. The largest absolute Gasteiger partial charge is 0.490 e.